The Balaban J connectivity index is 0.00000288. The normalized spacial score (nSPS) is 26.7. The highest BCUT2D eigenvalue weighted by Crippen LogP contribution is 2.30. The number of guanidine groups is 1. The number of nitrogens with zero attached hydrogens (tertiary/aromatic N) is 2. The molecule has 0 aromatic heterocycles. The summed E-state index contributed by atoms with van der Waals surface area (Å²) >= 11 is 0. The fourth-order valence-corrected chi connectivity index (χ4v) is 4.02. The van der Waals surface area contributed by atoms with Crippen molar-refractivity contribution in [2.75, 3.05) is 39.8 Å². The fraction of sp³-hybridized carbons (Fsp3) is 0.947. The molecule has 24 heavy (non-hydrogen) atoms. The van der Waals surface area contributed by atoms with Gasteiger partial charge in [0.2, 0.25) is 0 Å². The lowest BCUT2D eigenvalue weighted by atomic mass is 9.81. The van der Waals surface area contributed by atoms with Crippen LogP contribution >= 0.6 is 24.0 Å². The molecule has 142 valence electrons. The highest BCUT2D eigenvalue weighted by Gasteiger charge is 2.19. The van der Waals surface area contributed by atoms with Gasteiger partial charge in [0.1, 0.15) is 0 Å². The number of hydrogen-bond donors (Lipinski definition) is 2. The second kappa shape index (κ2) is 12.3. The number of halogens is 1. The molecule has 2 atom stereocenters. The molecule has 0 spiro atoms. The van der Waals surface area contributed by atoms with E-state index < -0.39 is 0 Å². The number of rotatable bonds is 6. The number of likely N-dealkylation sites (tertiary alicyclic amines) is 1. The topological polar surface area (TPSA) is 39.7 Å². The van der Waals surface area contributed by atoms with E-state index in [9.17, 15) is 0 Å². The Kier molecular flexibility index (Phi) is 11.3. The first kappa shape index (κ1) is 22.0. The molecule has 0 amide bonds. The first-order chi connectivity index (χ1) is 11.2. The molecule has 1 aliphatic heterocycles. The van der Waals surface area contributed by atoms with Crippen LogP contribution < -0.4 is 10.6 Å². The van der Waals surface area contributed by atoms with Crippen molar-refractivity contribution in [2.45, 2.75) is 58.8 Å². The third kappa shape index (κ3) is 8.37. The highest BCUT2D eigenvalue weighted by molar-refractivity contribution is 14.0. The van der Waals surface area contributed by atoms with E-state index >= 15 is 0 Å². The smallest absolute Gasteiger partial charge is 0.191 e. The van der Waals surface area contributed by atoms with Gasteiger partial charge in [-0.2, -0.15) is 0 Å². The van der Waals surface area contributed by atoms with Gasteiger partial charge >= 0.3 is 0 Å². The van der Waals surface area contributed by atoms with Gasteiger partial charge in [-0.1, -0.05) is 26.2 Å². The van der Waals surface area contributed by atoms with Crippen molar-refractivity contribution in [3.63, 3.8) is 0 Å². The summed E-state index contributed by atoms with van der Waals surface area (Å²) in [5, 5.41) is 6.97. The highest BCUT2D eigenvalue weighted by atomic mass is 127. The van der Waals surface area contributed by atoms with Crippen LogP contribution in [0.1, 0.15) is 58.8 Å². The van der Waals surface area contributed by atoms with E-state index in [0.29, 0.717) is 0 Å². The van der Waals surface area contributed by atoms with E-state index in [1.165, 1.54) is 58.0 Å². The third-order valence-corrected chi connectivity index (χ3v) is 5.58. The second-order valence-electron chi connectivity index (χ2n) is 7.82. The summed E-state index contributed by atoms with van der Waals surface area (Å²) in [4.78, 5) is 7.26. The number of nitrogens with one attached hydrogen (secondary N) is 2. The Morgan fingerprint density at radius 1 is 1.08 bits per heavy atom. The summed E-state index contributed by atoms with van der Waals surface area (Å²) in [6.07, 6.45) is 9.59. The molecule has 1 saturated carbocycles. The summed E-state index contributed by atoms with van der Waals surface area (Å²) in [6.45, 7) is 10.00. The molecular weight excluding hydrogens is 411 g/mol. The quantitative estimate of drug-likeness (QED) is 0.368. The molecule has 0 aromatic rings. The molecule has 5 heteroatoms. The van der Waals surface area contributed by atoms with E-state index in [1.54, 1.807) is 0 Å². The number of hydrogen-bond acceptors (Lipinski definition) is 2. The minimum atomic E-state index is 0. The third-order valence-electron chi connectivity index (χ3n) is 5.58. The van der Waals surface area contributed by atoms with Crippen molar-refractivity contribution in [2.24, 2.45) is 22.7 Å². The summed E-state index contributed by atoms with van der Waals surface area (Å²) in [5.41, 5.74) is 0. The first-order valence-corrected chi connectivity index (χ1v) is 9.88. The van der Waals surface area contributed by atoms with Gasteiger partial charge in [0, 0.05) is 19.6 Å². The van der Waals surface area contributed by atoms with Crippen LogP contribution in [-0.4, -0.2) is 50.6 Å². The van der Waals surface area contributed by atoms with Gasteiger partial charge in [0.05, 0.1) is 0 Å². The minimum absolute atomic E-state index is 0. The van der Waals surface area contributed by atoms with Gasteiger partial charge in [0.15, 0.2) is 5.96 Å². The van der Waals surface area contributed by atoms with E-state index in [-0.39, 0.29) is 24.0 Å². The zero-order valence-electron chi connectivity index (χ0n) is 16.0. The predicted molar refractivity (Wildman–Crippen MR) is 115 cm³/mol. The van der Waals surface area contributed by atoms with E-state index in [4.69, 9.17) is 4.99 Å². The molecule has 2 fully saturated rings. The SMILES string of the molecule is CCNC(=NCC1CCN(C)CC1)NCCC1CCCC(C)C1.I. The van der Waals surface area contributed by atoms with Crippen LogP contribution in [0.4, 0.5) is 0 Å². The van der Waals surface area contributed by atoms with Crippen LogP contribution in [0.3, 0.4) is 0 Å². The second-order valence-corrected chi connectivity index (χ2v) is 7.82. The van der Waals surface area contributed by atoms with Crippen LogP contribution in [0, 0.1) is 17.8 Å². The Labute approximate surface area is 166 Å². The molecule has 2 aliphatic rings. The Morgan fingerprint density at radius 2 is 1.83 bits per heavy atom. The lowest BCUT2D eigenvalue weighted by Gasteiger charge is -2.28. The van der Waals surface area contributed by atoms with Crippen molar-refractivity contribution in [3.05, 3.63) is 0 Å². The maximum absolute atomic E-state index is 4.84. The Bertz CT molecular complexity index is 353. The zero-order valence-corrected chi connectivity index (χ0v) is 18.4. The van der Waals surface area contributed by atoms with Gasteiger partial charge in [0.25, 0.3) is 0 Å². The standard InChI is InChI=1S/C19H38N4.HI/c1-4-20-19(22-15-18-9-12-23(3)13-10-18)21-11-8-17-7-5-6-16(2)14-17;/h16-18H,4-15H2,1-3H3,(H2,20,21,22);1H. The van der Waals surface area contributed by atoms with Crippen molar-refractivity contribution in [3.8, 4) is 0 Å². The van der Waals surface area contributed by atoms with Gasteiger partial charge in [-0.15, -0.1) is 24.0 Å². The lowest BCUT2D eigenvalue weighted by Crippen LogP contribution is -2.39. The van der Waals surface area contributed by atoms with Crippen molar-refractivity contribution < 1.29 is 0 Å². The van der Waals surface area contributed by atoms with Gasteiger partial charge in [-0.25, -0.2) is 0 Å². The molecule has 4 nitrogen and oxygen atoms in total. The van der Waals surface area contributed by atoms with Crippen LogP contribution in [0.2, 0.25) is 0 Å². The predicted octanol–water partition coefficient (Wildman–Crippen LogP) is 3.72. The molecule has 2 unspecified atom stereocenters. The van der Waals surface area contributed by atoms with Gasteiger partial charge in [-0.05, 0) is 70.5 Å². The average Bonchev–Trinajstić information content (AvgIpc) is 2.54. The largest absolute Gasteiger partial charge is 0.357 e. The summed E-state index contributed by atoms with van der Waals surface area (Å²) in [7, 11) is 2.22. The average molecular weight is 450 g/mol. The van der Waals surface area contributed by atoms with Crippen LogP contribution in [0.5, 0.6) is 0 Å². The minimum Gasteiger partial charge on any atom is -0.357 e. The maximum Gasteiger partial charge on any atom is 0.191 e. The molecule has 0 radical (unpaired) electrons. The van der Waals surface area contributed by atoms with Crippen LogP contribution in [0.25, 0.3) is 0 Å². The Hall–Kier alpha value is -0.0400. The van der Waals surface area contributed by atoms with E-state index in [2.05, 4.69) is 36.4 Å². The summed E-state index contributed by atoms with van der Waals surface area (Å²) in [5.74, 6) is 3.64. The molecular formula is C19H39IN4. The molecule has 1 saturated heterocycles. The van der Waals surface area contributed by atoms with Crippen molar-refractivity contribution in [1.29, 1.82) is 0 Å². The molecule has 2 rings (SSSR count). The maximum atomic E-state index is 4.84. The van der Waals surface area contributed by atoms with Crippen LogP contribution in [0.15, 0.2) is 4.99 Å². The van der Waals surface area contributed by atoms with Crippen molar-refractivity contribution in [1.82, 2.24) is 15.5 Å². The molecule has 0 bridgehead atoms. The Morgan fingerprint density at radius 3 is 2.50 bits per heavy atom. The van der Waals surface area contributed by atoms with Gasteiger partial charge < -0.3 is 15.5 Å². The lowest BCUT2D eigenvalue weighted by molar-refractivity contribution is 0.223. The molecule has 1 aliphatic carbocycles. The molecule has 2 N–H and O–H groups in total. The first-order valence-electron chi connectivity index (χ1n) is 9.88. The van der Waals surface area contributed by atoms with Gasteiger partial charge in [-0.3, -0.25) is 4.99 Å². The van der Waals surface area contributed by atoms with E-state index in [0.717, 1.165) is 43.3 Å². The van der Waals surface area contributed by atoms with Crippen LogP contribution in [-0.2, 0) is 0 Å². The molecule has 1 heterocycles. The fourth-order valence-electron chi connectivity index (χ4n) is 4.02. The van der Waals surface area contributed by atoms with Crippen molar-refractivity contribution >= 4 is 29.9 Å². The molecule has 0 aromatic carbocycles. The van der Waals surface area contributed by atoms with E-state index in [1.807, 2.05) is 0 Å². The summed E-state index contributed by atoms with van der Waals surface area (Å²) in [6, 6.07) is 0. The number of piperidine rings is 1. The monoisotopic (exact) mass is 450 g/mol. The summed E-state index contributed by atoms with van der Waals surface area (Å²) < 4.78 is 0. The zero-order chi connectivity index (χ0) is 16.5. The number of aliphatic imine (C=N–C) groups is 1.